The number of hydrogen-bond acceptors (Lipinski definition) is 4. The molecule has 0 atom stereocenters. The number of carboxylic acid groups (broad SMARTS) is 1. The third-order valence-electron chi connectivity index (χ3n) is 0.382. The van der Waals surface area contributed by atoms with Crippen LogP contribution in [0.15, 0.2) is 0 Å². The molecule has 5 N–H and O–H groups in total. The number of carbonyl (C=O) groups excluding carboxylic acids is 1. The van der Waals surface area contributed by atoms with E-state index in [0.717, 1.165) is 0 Å². The van der Waals surface area contributed by atoms with Gasteiger partial charge < -0.3 is 24.9 Å². The molecule has 0 aliphatic carbocycles. The summed E-state index contributed by atoms with van der Waals surface area (Å²) in [6.07, 6.45) is 0. The Morgan fingerprint density at radius 1 is 1.15 bits per heavy atom. The molecule has 0 unspecified atom stereocenters. The van der Waals surface area contributed by atoms with E-state index in [1.807, 2.05) is 0 Å². The Bertz CT molecular complexity index is 199. The van der Waals surface area contributed by atoms with Crippen molar-refractivity contribution in [2.75, 3.05) is 6.61 Å². The SMILES string of the molecule is O=C(O)C(=O)CO.O=P(O)(O)O.[BaH2]. The second kappa shape index (κ2) is 9.34. The van der Waals surface area contributed by atoms with Crippen LogP contribution in [0.3, 0.4) is 0 Å². The van der Waals surface area contributed by atoms with Crippen LogP contribution in [0, 0.1) is 0 Å². The average molecular weight is 341 g/mol. The van der Waals surface area contributed by atoms with Crippen molar-refractivity contribution in [2.45, 2.75) is 0 Å². The predicted molar refractivity (Wildman–Crippen MR) is 42.5 cm³/mol. The predicted octanol–water partition coefficient (Wildman–Crippen LogP) is -3.21. The van der Waals surface area contributed by atoms with Gasteiger partial charge in [-0.2, -0.15) is 0 Å². The molecule has 0 aliphatic heterocycles. The molecule has 0 bridgehead atoms. The van der Waals surface area contributed by atoms with Crippen LogP contribution in [0.25, 0.3) is 0 Å². The summed E-state index contributed by atoms with van der Waals surface area (Å²) in [7, 11) is -4.64. The van der Waals surface area contributed by atoms with Gasteiger partial charge >= 0.3 is 62.7 Å². The number of ketones is 1. The first kappa shape index (κ1) is 19.4. The zero-order valence-corrected chi connectivity index (χ0v) is 6.51. The molecule has 0 fully saturated rings. The van der Waals surface area contributed by atoms with Crippen molar-refractivity contribution in [3.8, 4) is 0 Å². The van der Waals surface area contributed by atoms with Gasteiger partial charge in [0.15, 0.2) is 0 Å². The van der Waals surface area contributed by atoms with Crippen molar-refractivity contribution in [3.63, 3.8) is 0 Å². The summed E-state index contributed by atoms with van der Waals surface area (Å²) in [5, 5.41) is 15.4. The summed E-state index contributed by atoms with van der Waals surface area (Å²) < 4.78 is 8.88. The van der Waals surface area contributed by atoms with E-state index >= 15 is 0 Å². The van der Waals surface area contributed by atoms with Gasteiger partial charge in [-0.15, -0.1) is 0 Å². The van der Waals surface area contributed by atoms with Crippen molar-refractivity contribution < 1.29 is 39.0 Å². The van der Waals surface area contributed by atoms with Gasteiger partial charge in [-0.3, -0.25) is 4.79 Å². The second-order valence-corrected chi connectivity index (χ2v) is 2.43. The molecule has 10 heteroatoms. The Balaban J connectivity index is -0.000000150. The maximum absolute atomic E-state index is 9.66. The van der Waals surface area contributed by atoms with Gasteiger partial charge in [0.25, 0.3) is 5.78 Å². The van der Waals surface area contributed by atoms with Crippen molar-refractivity contribution in [2.24, 2.45) is 0 Å². The number of Topliss-reactive ketones (excluding diaryl/α,β-unsaturated/α-hetero) is 1. The van der Waals surface area contributed by atoms with E-state index in [1.165, 1.54) is 0 Å². The van der Waals surface area contributed by atoms with Gasteiger partial charge in [-0.05, 0) is 0 Å². The van der Waals surface area contributed by atoms with E-state index < -0.39 is 26.2 Å². The fourth-order valence-corrected chi connectivity index (χ4v) is 0.0676. The molecule has 13 heavy (non-hydrogen) atoms. The average Bonchev–Trinajstić information content (AvgIpc) is 1.82. The molecular weight excluding hydrogens is 332 g/mol. The van der Waals surface area contributed by atoms with Crippen LogP contribution in [-0.4, -0.2) is 92.1 Å². The Labute approximate surface area is 113 Å². The molecule has 0 radical (unpaired) electrons. The number of carbonyl (C=O) groups is 2. The van der Waals surface area contributed by atoms with Gasteiger partial charge in [0, 0.05) is 0 Å². The summed E-state index contributed by atoms with van der Waals surface area (Å²) in [5.41, 5.74) is 0. The van der Waals surface area contributed by atoms with Crippen LogP contribution in [0.4, 0.5) is 0 Å². The number of aliphatic hydroxyl groups excluding tert-OH is 1. The molecule has 0 aromatic heterocycles. The molecule has 8 nitrogen and oxygen atoms in total. The summed E-state index contributed by atoms with van der Waals surface area (Å²) >= 11 is 0. The first-order chi connectivity index (χ1) is 5.18. The number of aliphatic carboxylic acids is 1. The molecule has 0 rings (SSSR count). The van der Waals surface area contributed by atoms with Crippen LogP contribution in [-0.2, 0) is 14.2 Å². The monoisotopic (exact) mass is 342 g/mol. The molecule has 0 heterocycles. The fraction of sp³-hybridized carbons (Fsp3) is 0.333. The second-order valence-electron chi connectivity index (χ2n) is 1.40. The normalized spacial score (nSPS) is 8.92. The van der Waals surface area contributed by atoms with Gasteiger partial charge in [0.2, 0.25) is 0 Å². The van der Waals surface area contributed by atoms with Gasteiger partial charge in [0.05, 0.1) is 0 Å². The number of rotatable bonds is 2. The van der Waals surface area contributed by atoms with Crippen LogP contribution in [0.1, 0.15) is 0 Å². The van der Waals surface area contributed by atoms with E-state index in [9.17, 15) is 9.59 Å². The quantitative estimate of drug-likeness (QED) is 0.200. The van der Waals surface area contributed by atoms with Gasteiger partial charge in [-0.1, -0.05) is 0 Å². The first-order valence-electron chi connectivity index (χ1n) is 2.33. The van der Waals surface area contributed by atoms with E-state index in [4.69, 9.17) is 29.5 Å². The Hall–Kier alpha value is 0.781. The minimum atomic E-state index is -4.64. The van der Waals surface area contributed by atoms with E-state index in [1.54, 1.807) is 0 Å². The van der Waals surface area contributed by atoms with Crippen LogP contribution in [0.2, 0.25) is 0 Å². The van der Waals surface area contributed by atoms with E-state index in [0.29, 0.717) is 0 Å². The molecule has 0 spiro atoms. The van der Waals surface area contributed by atoms with Crippen LogP contribution >= 0.6 is 7.82 Å². The Kier molecular flexibility index (Phi) is 13.9. The molecule has 0 saturated carbocycles. The third kappa shape index (κ3) is 32.3. The minimum absolute atomic E-state index is 0. The molecule has 0 aromatic carbocycles. The molecule has 0 aromatic rings. The van der Waals surface area contributed by atoms with Crippen molar-refractivity contribution in [1.82, 2.24) is 0 Å². The van der Waals surface area contributed by atoms with E-state index in [2.05, 4.69) is 0 Å². The van der Waals surface area contributed by atoms with Gasteiger partial charge in [-0.25, -0.2) is 9.36 Å². The molecule has 0 aliphatic rings. The van der Waals surface area contributed by atoms with Crippen LogP contribution < -0.4 is 0 Å². The number of phosphoric acid groups is 1. The van der Waals surface area contributed by atoms with Gasteiger partial charge in [0.1, 0.15) is 6.61 Å². The molecular formula is C3H9BaO8P. The summed E-state index contributed by atoms with van der Waals surface area (Å²) in [5.74, 6) is -2.78. The Morgan fingerprint density at radius 3 is 1.38 bits per heavy atom. The third-order valence-corrected chi connectivity index (χ3v) is 0.382. The zero-order valence-electron chi connectivity index (χ0n) is 5.62. The number of hydrogen-bond donors (Lipinski definition) is 5. The number of aliphatic hydroxyl groups is 1. The van der Waals surface area contributed by atoms with E-state index in [-0.39, 0.29) is 48.9 Å². The Morgan fingerprint density at radius 2 is 1.38 bits per heavy atom. The molecule has 0 saturated heterocycles. The standard InChI is InChI=1S/C3H4O4.Ba.H3O4P.2H/c4-1-2(5)3(6)7;;1-5(2,3)4;;/h4H,1H2,(H,6,7);;(H3,1,2,3,4);;. The molecule has 0 amide bonds. The van der Waals surface area contributed by atoms with Crippen molar-refractivity contribution in [1.29, 1.82) is 0 Å². The summed E-state index contributed by atoms with van der Waals surface area (Å²) in [6, 6.07) is 0. The molecule has 76 valence electrons. The summed E-state index contributed by atoms with van der Waals surface area (Å²) in [4.78, 5) is 40.6. The number of carboxylic acids is 1. The topological polar surface area (TPSA) is 152 Å². The fourth-order valence-electron chi connectivity index (χ4n) is 0.0676. The summed E-state index contributed by atoms with van der Waals surface area (Å²) in [6.45, 7) is -0.921. The zero-order chi connectivity index (χ0) is 10.4. The van der Waals surface area contributed by atoms with Crippen molar-refractivity contribution in [3.05, 3.63) is 0 Å². The maximum atomic E-state index is 9.66. The van der Waals surface area contributed by atoms with Crippen LogP contribution in [0.5, 0.6) is 0 Å². The first-order valence-corrected chi connectivity index (χ1v) is 3.90. The van der Waals surface area contributed by atoms with Crippen molar-refractivity contribution >= 4 is 68.5 Å².